The molecule has 0 amide bonds. The Labute approximate surface area is 82.6 Å². The van der Waals surface area contributed by atoms with E-state index in [-0.39, 0.29) is 0 Å². The fraction of sp³-hybridized carbons (Fsp3) is 0.556. The van der Waals surface area contributed by atoms with Crippen LogP contribution in [0.25, 0.3) is 0 Å². The number of hydrogen-bond acceptors (Lipinski definition) is 3. The molecule has 1 nitrogen and oxygen atoms in total. The minimum atomic E-state index is 0.611. The van der Waals surface area contributed by atoms with E-state index in [0.29, 0.717) is 6.04 Å². The molecule has 68 valence electrons. The van der Waals surface area contributed by atoms with Crippen molar-refractivity contribution < 1.29 is 0 Å². The summed E-state index contributed by atoms with van der Waals surface area (Å²) < 4.78 is 0. The van der Waals surface area contributed by atoms with Gasteiger partial charge in [0.15, 0.2) is 0 Å². The van der Waals surface area contributed by atoms with Gasteiger partial charge in [-0.25, -0.2) is 0 Å². The third kappa shape index (κ3) is 3.61. The molecule has 1 N–H and O–H groups in total. The van der Waals surface area contributed by atoms with E-state index in [1.54, 1.807) is 11.3 Å². The van der Waals surface area contributed by atoms with Crippen LogP contribution in [-0.2, 0) is 6.54 Å². The molecule has 0 saturated carbocycles. The van der Waals surface area contributed by atoms with E-state index in [1.807, 2.05) is 11.8 Å². The second-order valence-electron chi connectivity index (χ2n) is 2.87. The summed E-state index contributed by atoms with van der Waals surface area (Å²) in [5.41, 5.74) is 1.40. The van der Waals surface area contributed by atoms with E-state index >= 15 is 0 Å². The molecule has 1 aromatic rings. The van der Waals surface area contributed by atoms with Gasteiger partial charge in [-0.1, -0.05) is 0 Å². The maximum atomic E-state index is 3.47. The summed E-state index contributed by atoms with van der Waals surface area (Å²) in [6, 6.07) is 2.78. The molecule has 0 aliphatic heterocycles. The van der Waals surface area contributed by atoms with Crippen molar-refractivity contribution in [2.75, 3.05) is 12.0 Å². The smallest absolute Gasteiger partial charge is 0.0216 e. The van der Waals surface area contributed by atoms with Gasteiger partial charge in [0, 0.05) is 18.3 Å². The van der Waals surface area contributed by atoms with E-state index in [9.17, 15) is 0 Å². The number of nitrogens with one attached hydrogen (secondary N) is 1. The predicted molar refractivity (Wildman–Crippen MR) is 59.0 cm³/mol. The molecule has 0 spiro atoms. The Morgan fingerprint density at radius 1 is 1.67 bits per heavy atom. The van der Waals surface area contributed by atoms with Gasteiger partial charge < -0.3 is 5.32 Å². The molecular formula is C9H15NS2. The van der Waals surface area contributed by atoms with E-state index in [4.69, 9.17) is 0 Å². The first-order valence-electron chi connectivity index (χ1n) is 4.06. The van der Waals surface area contributed by atoms with Gasteiger partial charge in [0.25, 0.3) is 0 Å². The van der Waals surface area contributed by atoms with Gasteiger partial charge in [-0.05, 0) is 35.6 Å². The Morgan fingerprint density at radius 3 is 3.08 bits per heavy atom. The Balaban J connectivity index is 2.17. The lowest BCUT2D eigenvalue weighted by molar-refractivity contribution is 0.597. The highest BCUT2D eigenvalue weighted by Gasteiger charge is 1.99. The van der Waals surface area contributed by atoms with Crippen LogP contribution in [0.1, 0.15) is 12.5 Å². The molecule has 1 unspecified atom stereocenters. The lowest BCUT2D eigenvalue weighted by Gasteiger charge is -2.10. The molecule has 0 fully saturated rings. The highest BCUT2D eigenvalue weighted by atomic mass is 32.2. The Bertz CT molecular complexity index is 196. The third-order valence-corrected chi connectivity index (χ3v) is 3.22. The van der Waals surface area contributed by atoms with Crippen LogP contribution in [0.4, 0.5) is 0 Å². The summed E-state index contributed by atoms with van der Waals surface area (Å²) in [6.07, 6.45) is 2.14. The highest BCUT2D eigenvalue weighted by molar-refractivity contribution is 7.98. The second-order valence-corrected chi connectivity index (χ2v) is 4.56. The molecule has 3 heteroatoms. The third-order valence-electron chi connectivity index (χ3n) is 1.65. The molecule has 0 saturated heterocycles. The average molecular weight is 201 g/mol. The molecule has 12 heavy (non-hydrogen) atoms. The maximum absolute atomic E-state index is 3.47. The van der Waals surface area contributed by atoms with Gasteiger partial charge in [0.2, 0.25) is 0 Å². The van der Waals surface area contributed by atoms with E-state index in [2.05, 4.69) is 35.3 Å². The summed E-state index contributed by atoms with van der Waals surface area (Å²) in [4.78, 5) is 0. The lowest BCUT2D eigenvalue weighted by atomic mass is 10.3. The molecule has 0 aliphatic carbocycles. The van der Waals surface area contributed by atoms with Crippen molar-refractivity contribution in [3.63, 3.8) is 0 Å². The van der Waals surface area contributed by atoms with E-state index in [0.717, 1.165) is 6.54 Å². The van der Waals surface area contributed by atoms with Gasteiger partial charge in [0.05, 0.1) is 0 Å². The van der Waals surface area contributed by atoms with Gasteiger partial charge in [-0.15, -0.1) is 0 Å². The molecule has 1 rings (SSSR count). The molecule has 0 radical (unpaired) electrons. The van der Waals surface area contributed by atoms with Crippen LogP contribution >= 0.6 is 23.1 Å². The van der Waals surface area contributed by atoms with Crippen molar-refractivity contribution in [2.45, 2.75) is 19.5 Å². The fourth-order valence-electron chi connectivity index (χ4n) is 0.994. The van der Waals surface area contributed by atoms with Gasteiger partial charge >= 0.3 is 0 Å². The standard InChI is InChI=1S/C9H15NS2/c1-8(6-11-2)10-5-9-3-4-12-7-9/h3-4,7-8,10H,5-6H2,1-2H3. The maximum Gasteiger partial charge on any atom is 0.0216 e. The van der Waals surface area contributed by atoms with Crippen LogP contribution in [0.3, 0.4) is 0 Å². The van der Waals surface area contributed by atoms with Crippen LogP contribution in [0.5, 0.6) is 0 Å². The molecule has 0 bridgehead atoms. The Morgan fingerprint density at radius 2 is 2.50 bits per heavy atom. The summed E-state index contributed by atoms with van der Waals surface area (Å²) in [7, 11) is 0. The molecule has 0 aliphatic rings. The summed E-state index contributed by atoms with van der Waals surface area (Å²) in [6.45, 7) is 3.23. The largest absolute Gasteiger partial charge is 0.309 e. The highest BCUT2D eigenvalue weighted by Crippen LogP contribution is 2.06. The van der Waals surface area contributed by atoms with Crippen LogP contribution in [0, 0.1) is 0 Å². The first kappa shape index (κ1) is 10.1. The van der Waals surface area contributed by atoms with Crippen LogP contribution in [0.15, 0.2) is 16.8 Å². The van der Waals surface area contributed by atoms with Crippen LogP contribution < -0.4 is 5.32 Å². The first-order chi connectivity index (χ1) is 5.83. The van der Waals surface area contributed by atoms with Crippen molar-refractivity contribution in [1.29, 1.82) is 0 Å². The molecule has 1 atom stereocenters. The fourth-order valence-corrected chi connectivity index (χ4v) is 2.28. The average Bonchev–Trinajstić information content (AvgIpc) is 2.53. The molecular weight excluding hydrogens is 186 g/mol. The van der Waals surface area contributed by atoms with Crippen LogP contribution in [-0.4, -0.2) is 18.1 Å². The summed E-state index contributed by atoms with van der Waals surface area (Å²) in [5, 5.41) is 7.79. The Hall–Kier alpha value is 0.01000. The number of hydrogen-bond donors (Lipinski definition) is 1. The summed E-state index contributed by atoms with van der Waals surface area (Å²) in [5.74, 6) is 1.18. The topological polar surface area (TPSA) is 12.0 Å². The Kier molecular flexibility index (Phi) is 4.73. The predicted octanol–water partition coefficient (Wildman–Crippen LogP) is 2.59. The van der Waals surface area contributed by atoms with Crippen molar-refractivity contribution in [3.05, 3.63) is 22.4 Å². The zero-order chi connectivity index (χ0) is 8.81. The lowest BCUT2D eigenvalue weighted by Crippen LogP contribution is -2.27. The zero-order valence-electron chi connectivity index (χ0n) is 7.54. The monoisotopic (exact) mass is 201 g/mol. The van der Waals surface area contributed by atoms with Crippen molar-refractivity contribution in [1.82, 2.24) is 5.32 Å². The van der Waals surface area contributed by atoms with E-state index in [1.165, 1.54) is 11.3 Å². The van der Waals surface area contributed by atoms with Gasteiger partial charge in [-0.2, -0.15) is 23.1 Å². The van der Waals surface area contributed by atoms with Gasteiger partial charge in [-0.3, -0.25) is 0 Å². The number of thioether (sulfide) groups is 1. The minimum Gasteiger partial charge on any atom is -0.309 e. The van der Waals surface area contributed by atoms with Gasteiger partial charge in [0.1, 0.15) is 0 Å². The zero-order valence-corrected chi connectivity index (χ0v) is 9.17. The first-order valence-corrected chi connectivity index (χ1v) is 6.40. The SMILES string of the molecule is CSCC(C)NCc1ccsc1. The quantitative estimate of drug-likeness (QED) is 0.786. The second kappa shape index (κ2) is 5.62. The van der Waals surface area contributed by atoms with Crippen LogP contribution in [0.2, 0.25) is 0 Å². The molecule has 1 aromatic heterocycles. The van der Waals surface area contributed by atoms with Crippen molar-refractivity contribution >= 4 is 23.1 Å². The minimum absolute atomic E-state index is 0.611. The van der Waals surface area contributed by atoms with Crippen molar-refractivity contribution in [2.24, 2.45) is 0 Å². The summed E-state index contributed by atoms with van der Waals surface area (Å²) >= 11 is 3.65. The number of rotatable bonds is 5. The van der Waals surface area contributed by atoms with E-state index < -0.39 is 0 Å². The molecule has 0 aromatic carbocycles. The molecule has 1 heterocycles. The number of thiophene rings is 1. The normalized spacial score (nSPS) is 13.2. The van der Waals surface area contributed by atoms with Crippen molar-refractivity contribution in [3.8, 4) is 0 Å².